The lowest BCUT2D eigenvalue weighted by Gasteiger charge is -2.47. The summed E-state index contributed by atoms with van der Waals surface area (Å²) in [6.07, 6.45) is 0.711. The van der Waals surface area contributed by atoms with Gasteiger partial charge < -0.3 is 15.8 Å². The van der Waals surface area contributed by atoms with Gasteiger partial charge >= 0.3 is 5.97 Å². The molecule has 0 saturated heterocycles. The van der Waals surface area contributed by atoms with Gasteiger partial charge in [0.2, 0.25) is 5.91 Å². The Balaban J connectivity index is 1.95. The molecule has 0 aromatic heterocycles. The Hall–Kier alpha value is -2.91. The molecule has 1 spiro atoms. The Labute approximate surface area is 226 Å². The van der Waals surface area contributed by atoms with Crippen LogP contribution in [0.3, 0.4) is 0 Å². The number of ether oxygens (including phenoxy) is 1. The van der Waals surface area contributed by atoms with Gasteiger partial charge in [-0.25, -0.2) is 4.79 Å². The van der Waals surface area contributed by atoms with E-state index in [9.17, 15) is 14.4 Å². The molecule has 2 aromatic carbocycles. The van der Waals surface area contributed by atoms with Gasteiger partial charge in [0.25, 0.3) is 0 Å². The zero-order chi connectivity index (χ0) is 26.2. The standard InChI is InChI=1S/C27H25Br2N3O4/c1-13-9-14(28)6-8-18(13)32-19-11-26(2,3)12-20(33)21(19)27(22(23(32)30)24(34)36-4)16-10-15(29)5-7-17(16)31-25(27)35/h5-10H,11-12,30H2,1-4H3,(H,31,35). The molecule has 0 saturated carbocycles. The Morgan fingerprint density at radius 3 is 2.42 bits per heavy atom. The molecule has 1 aliphatic carbocycles. The van der Waals surface area contributed by atoms with E-state index in [1.165, 1.54) is 7.11 Å². The van der Waals surface area contributed by atoms with E-state index >= 15 is 0 Å². The highest BCUT2D eigenvalue weighted by Crippen LogP contribution is 2.58. The number of ketones is 1. The second-order valence-corrected chi connectivity index (χ2v) is 12.0. The normalized spacial score (nSPS) is 22.6. The van der Waals surface area contributed by atoms with Crippen molar-refractivity contribution in [3.63, 3.8) is 0 Å². The monoisotopic (exact) mass is 613 g/mol. The number of nitrogens with two attached hydrogens (primary N) is 1. The average Bonchev–Trinajstić information content (AvgIpc) is 3.05. The zero-order valence-corrected chi connectivity index (χ0v) is 23.5. The molecule has 3 aliphatic rings. The van der Waals surface area contributed by atoms with Crippen molar-refractivity contribution in [3.8, 4) is 0 Å². The summed E-state index contributed by atoms with van der Waals surface area (Å²) in [5.74, 6) is -1.39. The van der Waals surface area contributed by atoms with Crippen molar-refractivity contribution in [3.05, 3.63) is 79.1 Å². The van der Waals surface area contributed by atoms with Crippen LogP contribution in [0.4, 0.5) is 11.4 Å². The maximum Gasteiger partial charge on any atom is 0.339 e. The van der Waals surface area contributed by atoms with Crippen LogP contribution in [-0.4, -0.2) is 24.8 Å². The molecule has 2 aromatic rings. The molecule has 7 nitrogen and oxygen atoms in total. The number of fused-ring (bicyclic) bond motifs is 3. The van der Waals surface area contributed by atoms with E-state index in [1.807, 2.05) is 39.0 Å². The lowest BCUT2D eigenvalue weighted by atomic mass is 9.60. The minimum Gasteiger partial charge on any atom is -0.466 e. The van der Waals surface area contributed by atoms with E-state index in [2.05, 4.69) is 37.2 Å². The smallest absolute Gasteiger partial charge is 0.339 e. The molecule has 3 N–H and O–H groups in total. The number of anilines is 2. The van der Waals surface area contributed by atoms with Crippen molar-refractivity contribution in [1.82, 2.24) is 0 Å². The van der Waals surface area contributed by atoms with Crippen LogP contribution in [0.5, 0.6) is 0 Å². The first-order valence-electron chi connectivity index (χ1n) is 11.5. The highest BCUT2D eigenvalue weighted by atomic mass is 79.9. The van der Waals surface area contributed by atoms with Gasteiger partial charge in [-0.1, -0.05) is 45.7 Å². The summed E-state index contributed by atoms with van der Waals surface area (Å²) in [7, 11) is 1.25. The third-order valence-electron chi connectivity index (χ3n) is 7.13. The van der Waals surface area contributed by atoms with Crippen LogP contribution >= 0.6 is 31.9 Å². The molecule has 186 valence electrons. The van der Waals surface area contributed by atoms with E-state index < -0.39 is 17.3 Å². The topological polar surface area (TPSA) is 102 Å². The van der Waals surface area contributed by atoms with Crippen molar-refractivity contribution in [2.75, 3.05) is 17.3 Å². The summed E-state index contributed by atoms with van der Waals surface area (Å²) >= 11 is 6.99. The molecule has 2 aliphatic heterocycles. The number of Topliss-reactive ketones (excluding diaryl/α,β-unsaturated/α-hetero) is 1. The zero-order valence-electron chi connectivity index (χ0n) is 20.3. The number of nitrogens with zero attached hydrogens (tertiary/aromatic N) is 1. The minimum atomic E-state index is -1.72. The molecule has 1 amide bonds. The summed E-state index contributed by atoms with van der Waals surface area (Å²) in [6, 6.07) is 11.0. The Kier molecular flexibility index (Phi) is 5.72. The number of halogens is 2. The van der Waals surface area contributed by atoms with Gasteiger partial charge in [-0.2, -0.15) is 0 Å². The fourth-order valence-corrected chi connectivity index (χ4v) is 6.59. The first-order valence-corrected chi connectivity index (χ1v) is 13.0. The summed E-state index contributed by atoms with van der Waals surface area (Å²) in [6.45, 7) is 5.96. The van der Waals surface area contributed by atoms with Gasteiger partial charge in [0, 0.05) is 37.9 Å². The number of esters is 1. The lowest BCUT2D eigenvalue weighted by Crippen LogP contribution is -2.54. The molecular weight excluding hydrogens is 590 g/mol. The molecule has 0 bridgehead atoms. The fourth-order valence-electron chi connectivity index (χ4n) is 5.75. The van der Waals surface area contributed by atoms with Gasteiger partial charge in [-0.3, -0.25) is 14.5 Å². The summed E-state index contributed by atoms with van der Waals surface area (Å²) in [5, 5.41) is 2.89. The molecular formula is C27H25Br2N3O4. The first kappa shape index (κ1) is 24.8. The first-order chi connectivity index (χ1) is 16.9. The predicted octanol–water partition coefficient (Wildman–Crippen LogP) is 5.22. The predicted molar refractivity (Wildman–Crippen MR) is 144 cm³/mol. The van der Waals surface area contributed by atoms with Gasteiger partial charge in [0.15, 0.2) is 5.78 Å². The van der Waals surface area contributed by atoms with Crippen molar-refractivity contribution in [2.24, 2.45) is 11.1 Å². The molecule has 36 heavy (non-hydrogen) atoms. The molecule has 1 unspecified atom stereocenters. The number of aryl methyl sites for hydroxylation is 1. The third-order valence-corrected chi connectivity index (χ3v) is 8.12. The van der Waals surface area contributed by atoms with Gasteiger partial charge in [0.05, 0.1) is 12.8 Å². The number of allylic oxidation sites excluding steroid dienone is 1. The second kappa shape index (κ2) is 8.31. The van der Waals surface area contributed by atoms with E-state index in [0.717, 1.165) is 15.7 Å². The minimum absolute atomic E-state index is 0.0616. The number of carbonyl (C=O) groups is 3. The Morgan fingerprint density at radius 2 is 1.75 bits per heavy atom. The van der Waals surface area contributed by atoms with Crippen LogP contribution in [0.25, 0.3) is 0 Å². The highest BCUT2D eigenvalue weighted by molar-refractivity contribution is 9.10. The lowest BCUT2D eigenvalue weighted by molar-refractivity contribution is -0.138. The quantitative estimate of drug-likeness (QED) is 0.450. The molecule has 9 heteroatoms. The second-order valence-electron chi connectivity index (χ2n) is 10.2. The molecule has 1 atom stereocenters. The van der Waals surface area contributed by atoms with Crippen LogP contribution in [0, 0.1) is 12.3 Å². The van der Waals surface area contributed by atoms with E-state index in [1.54, 1.807) is 23.1 Å². The molecule has 0 radical (unpaired) electrons. The van der Waals surface area contributed by atoms with E-state index in [4.69, 9.17) is 10.5 Å². The Morgan fingerprint density at radius 1 is 1.08 bits per heavy atom. The summed E-state index contributed by atoms with van der Waals surface area (Å²) in [4.78, 5) is 43.2. The van der Waals surface area contributed by atoms with Crippen molar-refractivity contribution in [2.45, 2.75) is 39.0 Å². The maximum absolute atomic E-state index is 14.0. The number of nitrogens with one attached hydrogen (secondary N) is 1. The number of hydrogen-bond donors (Lipinski definition) is 2. The van der Waals surface area contributed by atoms with Gasteiger partial charge in [-0.05, 0) is 60.7 Å². The van der Waals surface area contributed by atoms with Gasteiger partial charge in [-0.15, -0.1) is 0 Å². The van der Waals surface area contributed by atoms with Crippen molar-refractivity contribution in [1.29, 1.82) is 0 Å². The summed E-state index contributed by atoms with van der Waals surface area (Å²) in [5.41, 5.74) is 8.20. The molecule has 5 rings (SSSR count). The van der Waals surface area contributed by atoms with Crippen molar-refractivity contribution < 1.29 is 19.1 Å². The fraction of sp³-hybridized carbons (Fsp3) is 0.296. The van der Waals surface area contributed by atoms with E-state index in [0.29, 0.717) is 27.8 Å². The van der Waals surface area contributed by atoms with Crippen molar-refractivity contribution >= 4 is 60.9 Å². The van der Waals surface area contributed by atoms with E-state index in [-0.39, 0.29) is 34.6 Å². The van der Waals surface area contributed by atoms with Crippen LogP contribution < -0.4 is 16.0 Å². The maximum atomic E-state index is 14.0. The average molecular weight is 615 g/mol. The van der Waals surface area contributed by atoms with Crippen LogP contribution in [0.1, 0.15) is 37.8 Å². The number of carbonyl (C=O) groups excluding carboxylic acids is 3. The third kappa shape index (κ3) is 3.39. The molecule has 0 fully saturated rings. The number of rotatable bonds is 2. The Bertz CT molecular complexity index is 1440. The molecule has 2 heterocycles. The number of hydrogen-bond acceptors (Lipinski definition) is 6. The summed E-state index contributed by atoms with van der Waals surface area (Å²) < 4.78 is 6.78. The van der Waals surface area contributed by atoms with Crippen LogP contribution in [0.15, 0.2) is 68.0 Å². The highest BCUT2D eigenvalue weighted by Gasteiger charge is 2.63. The number of methoxy groups -OCH3 is 1. The number of benzene rings is 2. The van der Waals surface area contributed by atoms with Crippen LogP contribution in [-0.2, 0) is 24.5 Å². The largest absolute Gasteiger partial charge is 0.466 e. The number of amides is 1. The van der Waals surface area contributed by atoms with Crippen LogP contribution in [0.2, 0.25) is 0 Å². The SMILES string of the molecule is COC(=O)C1=C(N)N(c2ccc(Br)cc2C)C2=C(C(=O)CC(C)(C)C2)C12C(=O)Nc1ccc(Br)cc12. The van der Waals surface area contributed by atoms with Gasteiger partial charge in [0.1, 0.15) is 16.8 Å².